The van der Waals surface area contributed by atoms with Gasteiger partial charge in [0.15, 0.2) is 0 Å². The van der Waals surface area contributed by atoms with Crippen molar-refractivity contribution in [3.05, 3.63) is 60.8 Å². The van der Waals surface area contributed by atoms with Gasteiger partial charge >= 0.3 is 12.5 Å². The fourth-order valence-corrected chi connectivity index (χ4v) is 3.74. The van der Waals surface area contributed by atoms with E-state index < -0.39 is 28.3 Å². The molecule has 1 heterocycles. The van der Waals surface area contributed by atoms with Gasteiger partial charge in [-0.2, -0.15) is 17.6 Å². The molecule has 0 radical (unpaired) electrons. The Kier molecular flexibility index (Phi) is 7.46. The Hall–Kier alpha value is -3.29. The van der Waals surface area contributed by atoms with Crippen LogP contribution in [0.3, 0.4) is 0 Å². The fraction of sp³-hybridized carbons (Fsp3) is 0.200. The highest BCUT2D eigenvalue weighted by atomic mass is 32.2. The average Bonchev–Trinajstić information content (AvgIpc) is 2.78. The predicted molar refractivity (Wildman–Crippen MR) is 113 cm³/mol. The summed E-state index contributed by atoms with van der Waals surface area (Å²) in [5.74, 6) is -0.427. The maximum absolute atomic E-state index is 13.1. The zero-order chi connectivity index (χ0) is 24.1. The minimum absolute atomic E-state index is 0.0198. The van der Waals surface area contributed by atoms with E-state index in [0.717, 1.165) is 12.1 Å². The van der Waals surface area contributed by atoms with Gasteiger partial charge in [-0.1, -0.05) is 18.2 Å². The second-order valence-corrected chi connectivity index (χ2v) is 8.36. The third kappa shape index (κ3) is 6.37. The van der Waals surface area contributed by atoms with E-state index in [-0.39, 0.29) is 29.6 Å². The molecule has 0 amide bonds. The second kappa shape index (κ2) is 10.1. The van der Waals surface area contributed by atoms with Gasteiger partial charge in [-0.3, -0.25) is 0 Å². The third-order valence-corrected chi connectivity index (χ3v) is 5.59. The van der Waals surface area contributed by atoms with Crippen LogP contribution < -0.4 is 20.5 Å². The van der Waals surface area contributed by atoms with Crippen LogP contribution in [0.15, 0.2) is 65.7 Å². The molecule has 8 nitrogen and oxygen atoms in total. The van der Waals surface area contributed by atoms with Crippen LogP contribution in [0.2, 0.25) is 0 Å². The van der Waals surface area contributed by atoms with Gasteiger partial charge in [-0.25, -0.2) is 23.1 Å². The van der Waals surface area contributed by atoms with Gasteiger partial charge in [0.2, 0.25) is 16.0 Å². The molecule has 0 spiro atoms. The Morgan fingerprint density at radius 1 is 1.09 bits per heavy atom. The number of sulfonamides is 1. The van der Waals surface area contributed by atoms with E-state index >= 15 is 0 Å². The summed E-state index contributed by atoms with van der Waals surface area (Å²) < 4.78 is 82.1. The van der Waals surface area contributed by atoms with Gasteiger partial charge in [-0.15, -0.1) is 0 Å². The normalized spacial score (nSPS) is 12.1. The molecule has 0 aliphatic rings. The number of nitrogens with one attached hydrogen (secondary N) is 2. The molecule has 0 atom stereocenters. The van der Waals surface area contributed by atoms with Crippen LogP contribution >= 0.6 is 0 Å². The summed E-state index contributed by atoms with van der Waals surface area (Å²) in [5.41, 5.74) is 6.40. The smallest absolute Gasteiger partial charge is 0.428 e. The molecule has 0 saturated carbocycles. The molecule has 0 unspecified atom stereocenters. The van der Waals surface area contributed by atoms with E-state index in [4.69, 9.17) is 5.73 Å². The van der Waals surface area contributed by atoms with E-state index in [2.05, 4.69) is 24.7 Å². The molecule has 0 fully saturated rings. The summed E-state index contributed by atoms with van der Waals surface area (Å²) in [6.07, 6.45) is -7.22. The van der Waals surface area contributed by atoms with Crippen molar-refractivity contribution >= 4 is 21.7 Å². The van der Waals surface area contributed by atoms with Crippen molar-refractivity contribution in [3.63, 3.8) is 0 Å². The van der Waals surface area contributed by atoms with Crippen LogP contribution in [0.4, 0.5) is 29.2 Å². The lowest BCUT2D eigenvalue weighted by atomic mass is 10.1. The number of ether oxygens (including phenoxy) is 1. The van der Waals surface area contributed by atoms with Crippen LogP contribution in [0.1, 0.15) is 0 Å². The quantitative estimate of drug-likeness (QED) is 0.377. The van der Waals surface area contributed by atoms with E-state index in [1.54, 1.807) is 18.2 Å². The Labute approximate surface area is 186 Å². The summed E-state index contributed by atoms with van der Waals surface area (Å²) in [4.78, 5) is 8.34. The van der Waals surface area contributed by atoms with E-state index in [9.17, 15) is 26.0 Å². The lowest BCUT2D eigenvalue weighted by molar-refractivity contribution is -0.253. The number of rotatable bonds is 10. The predicted octanol–water partition coefficient (Wildman–Crippen LogP) is 3.36. The van der Waals surface area contributed by atoms with Crippen LogP contribution in [0.5, 0.6) is 5.75 Å². The molecular formula is C20H19F4N5O3S. The zero-order valence-corrected chi connectivity index (χ0v) is 17.7. The average molecular weight is 485 g/mol. The van der Waals surface area contributed by atoms with Crippen LogP contribution in [0.25, 0.3) is 11.3 Å². The van der Waals surface area contributed by atoms with Gasteiger partial charge in [0, 0.05) is 36.6 Å². The minimum atomic E-state index is -4.64. The van der Waals surface area contributed by atoms with Crippen molar-refractivity contribution in [2.45, 2.75) is 17.4 Å². The Morgan fingerprint density at radius 3 is 2.58 bits per heavy atom. The van der Waals surface area contributed by atoms with Gasteiger partial charge in [-0.05, 0) is 30.3 Å². The van der Waals surface area contributed by atoms with Crippen molar-refractivity contribution < 1.29 is 30.7 Å². The highest BCUT2D eigenvalue weighted by molar-refractivity contribution is 7.89. The topological polar surface area (TPSA) is 119 Å². The van der Waals surface area contributed by atoms with Crippen molar-refractivity contribution in [1.29, 1.82) is 0 Å². The minimum Gasteiger partial charge on any atom is -0.428 e. The first-order valence-corrected chi connectivity index (χ1v) is 10.9. The molecule has 2 aromatic carbocycles. The number of nitrogens with zero attached hydrogens (tertiary/aromatic N) is 2. The first kappa shape index (κ1) is 24.4. The first-order chi connectivity index (χ1) is 15.6. The maximum atomic E-state index is 13.1. The number of hydrogen-bond acceptors (Lipinski definition) is 7. The standard InChI is InChI=1S/C20H19F4N5O3S/c21-18(22)20(23,24)32-15-5-2-4-14(12-15)28-19-26-9-7-17(29-19)13-3-1-6-16(11-13)33(30,31)27-10-8-25/h1-7,9,11-12,18,27H,8,10,25H2,(H,26,28,29). The lowest BCUT2D eigenvalue weighted by Crippen LogP contribution is -2.33. The summed E-state index contributed by atoms with van der Waals surface area (Å²) >= 11 is 0. The maximum Gasteiger partial charge on any atom is 0.461 e. The number of hydrogen-bond donors (Lipinski definition) is 3. The molecule has 13 heteroatoms. The van der Waals surface area contributed by atoms with Crippen LogP contribution in [0, 0.1) is 0 Å². The van der Waals surface area contributed by atoms with E-state index in [0.29, 0.717) is 11.3 Å². The molecule has 0 bridgehead atoms. The van der Waals surface area contributed by atoms with E-state index in [1.165, 1.54) is 30.5 Å². The molecule has 176 valence electrons. The number of alkyl halides is 4. The Balaban J connectivity index is 1.82. The molecule has 1 aromatic heterocycles. The summed E-state index contributed by atoms with van der Waals surface area (Å²) in [6, 6.07) is 12.6. The zero-order valence-electron chi connectivity index (χ0n) is 16.9. The molecule has 0 aliphatic heterocycles. The number of nitrogens with two attached hydrogens (primary N) is 1. The molecule has 3 aromatic rings. The highest BCUT2D eigenvalue weighted by Gasteiger charge is 2.44. The molecule has 33 heavy (non-hydrogen) atoms. The van der Waals surface area contributed by atoms with Crippen molar-refractivity contribution in [2.24, 2.45) is 5.73 Å². The molecule has 3 rings (SSSR count). The third-order valence-electron chi connectivity index (χ3n) is 4.13. The van der Waals surface area contributed by atoms with Gasteiger partial charge in [0.25, 0.3) is 0 Å². The largest absolute Gasteiger partial charge is 0.461 e. The highest BCUT2D eigenvalue weighted by Crippen LogP contribution is 2.29. The summed E-state index contributed by atoms with van der Waals surface area (Å²) in [7, 11) is -3.76. The molecule has 0 saturated heterocycles. The van der Waals surface area contributed by atoms with Crippen molar-refractivity contribution in [1.82, 2.24) is 14.7 Å². The number of halogens is 4. The Morgan fingerprint density at radius 2 is 1.85 bits per heavy atom. The number of anilines is 2. The van der Waals surface area contributed by atoms with Gasteiger partial charge < -0.3 is 15.8 Å². The second-order valence-electron chi connectivity index (χ2n) is 6.60. The number of aromatic nitrogens is 2. The van der Waals surface area contributed by atoms with Crippen molar-refractivity contribution in [3.8, 4) is 17.0 Å². The summed E-state index contributed by atoms with van der Waals surface area (Å²) in [5, 5.41) is 2.76. The summed E-state index contributed by atoms with van der Waals surface area (Å²) in [6.45, 7) is 0.228. The monoisotopic (exact) mass is 485 g/mol. The fourth-order valence-electron chi connectivity index (χ4n) is 2.65. The first-order valence-electron chi connectivity index (χ1n) is 9.46. The van der Waals surface area contributed by atoms with Gasteiger partial charge in [0.1, 0.15) is 5.75 Å². The Bertz CT molecular complexity index is 1210. The molecule has 0 aliphatic carbocycles. The van der Waals surface area contributed by atoms with Crippen molar-refractivity contribution in [2.75, 3.05) is 18.4 Å². The van der Waals surface area contributed by atoms with Crippen LogP contribution in [-0.2, 0) is 10.0 Å². The van der Waals surface area contributed by atoms with Crippen LogP contribution in [-0.4, -0.2) is 44.0 Å². The van der Waals surface area contributed by atoms with Gasteiger partial charge in [0.05, 0.1) is 10.6 Å². The molecule has 4 N–H and O–H groups in total. The molecular weight excluding hydrogens is 466 g/mol. The van der Waals surface area contributed by atoms with E-state index in [1.807, 2.05) is 0 Å². The lowest BCUT2D eigenvalue weighted by Gasteiger charge is -2.17. The number of benzene rings is 2. The SMILES string of the molecule is NCCNS(=O)(=O)c1cccc(-c2ccnc(Nc3cccc(OC(F)(F)C(F)F)c3)n2)c1.